The Hall–Kier alpha value is -2.02. The van der Waals surface area contributed by atoms with Gasteiger partial charge in [-0.15, -0.1) is 0 Å². The number of hydrogen-bond acceptors (Lipinski definition) is 3. The number of aryl methyl sites for hydroxylation is 1. The van der Waals surface area contributed by atoms with Gasteiger partial charge in [0.1, 0.15) is 6.07 Å². The number of carboxylic acid groups (broad SMARTS) is 1. The summed E-state index contributed by atoms with van der Waals surface area (Å²) in [5.74, 6) is -0.837. The molecule has 1 aromatic rings. The molecule has 0 radical (unpaired) electrons. The third kappa shape index (κ3) is 3.80. The van der Waals surface area contributed by atoms with Crippen LogP contribution in [0, 0.1) is 18.3 Å². The molecule has 1 atom stereocenters. The number of anilines is 1. The minimum absolute atomic E-state index is 0.0509. The van der Waals surface area contributed by atoms with Gasteiger partial charge in [-0.05, 0) is 31.0 Å². The number of nitriles is 1. The first-order valence-electron chi connectivity index (χ1n) is 5.56. The molecule has 0 amide bonds. The average Bonchev–Trinajstić information content (AvgIpc) is 2.28. The Labute approximate surface area is 101 Å². The van der Waals surface area contributed by atoms with Crippen molar-refractivity contribution in [3.63, 3.8) is 0 Å². The van der Waals surface area contributed by atoms with Crippen LogP contribution in [0.2, 0.25) is 0 Å². The van der Waals surface area contributed by atoms with Gasteiger partial charge in [0.2, 0.25) is 0 Å². The maximum atomic E-state index is 10.7. The lowest BCUT2D eigenvalue weighted by molar-refractivity contribution is -0.137. The lowest BCUT2D eigenvalue weighted by Gasteiger charge is -2.17. The van der Waals surface area contributed by atoms with Gasteiger partial charge in [0.25, 0.3) is 0 Å². The third-order valence-corrected chi connectivity index (χ3v) is 2.57. The largest absolute Gasteiger partial charge is 0.481 e. The number of carboxylic acids is 1. The van der Waals surface area contributed by atoms with Crippen LogP contribution in [0.15, 0.2) is 18.2 Å². The van der Waals surface area contributed by atoms with Crippen molar-refractivity contribution < 1.29 is 9.90 Å². The van der Waals surface area contributed by atoms with Gasteiger partial charge in [0.15, 0.2) is 0 Å². The number of nitrogens with one attached hydrogen (secondary N) is 1. The van der Waals surface area contributed by atoms with Gasteiger partial charge in [-0.2, -0.15) is 5.26 Å². The predicted octanol–water partition coefficient (Wildman–Crippen LogP) is 2.53. The second kappa shape index (κ2) is 5.90. The Bertz CT molecular complexity index is 449. The lowest BCUT2D eigenvalue weighted by Crippen LogP contribution is -2.22. The van der Waals surface area contributed by atoms with Crippen LogP contribution in [-0.4, -0.2) is 17.1 Å². The maximum Gasteiger partial charge on any atom is 0.305 e. The van der Waals surface area contributed by atoms with E-state index in [0.717, 1.165) is 5.56 Å². The molecule has 0 aromatic heterocycles. The minimum atomic E-state index is -0.837. The first kappa shape index (κ1) is 13.0. The van der Waals surface area contributed by atoms with Crippen molar-refractivity contribution in [3.8, 4) is 6.07 Å². The van der Waals surface area contributed by atoms with E-state index in [-0.39, 0.29) is 12.5 Å². The zero-order valence-electron chi connectivity index (χ0n) is 10.0. The van der Waals surface area contributed by atoms with Gasteiger partial charge in [-0.3, -0.25) is 4.79 Å². The number of rotatable bonds is 5. The molecule has 0 saturated heterocycles. The molecule has 4 nitrogen and oxygen atoms in total. The van der Waals surface area contributed by atoms with Crippen LogP contribution in [-0.2, 0) is 4.79 Å². The topological polar surface area (TPSA) is 73.1 Å². The van der Waals surface area contributed by atoms with Crippen molar-refractivity contribution in [2.24, 2.45) is 0 Å². The van der Waals surface area contributed by atoms with Gasteiger partial charge in [-0.1, -0.05) is 13.0 Å². The second-order valence-corrected chi connectivity index (χ2v) is 4.01. The van der Waals surface area contributed by atoms with Crippen LogP contribution in [0.4, 0.5) is 5.69 Å². The standard InChI is InChI=1S/C13H16N2O2/c1-3-11(7-13(16)17)15-12-6-9(2)4-5-10(12)8-14/h4-6,11,15H,3,7H2,1-2H3,(H,16,17). The van der Waals surface area contributed by atoms with Crippen LogP contribution in [0.25, 0.3) is 0 Å². The highest BCUT2D eigenvalue weighted by Crippen LogP contribution is 2.19. The fourth-order valence-corrected chi connectivity index (χ4v) is 1.60. The smallest absolute Gasteiger partial charge is 0.305 e. The van der Waals surface area contributed by atoms with E-state index in [0.29, 0.717) is 17.7 Å². The Balaban J connectivity index is 2.89. The first-order chi connectivity index (χ1) is 8.06. The highest BCUT2D eigenvalue weighted by atomic mass is 16.4. The van der Waals surface area contributed by atoms with E-state index in [4.69, 9.17) is 10.4 Å². The van der Waals surface area contributed by atoms with Gasteiger partial charge in [0.05, 0.1) is 17.7 Å². The zero-order chi connectivity index (χ0) is 12.8. The van der Waals surface area contributed by atoms with Gasteiger partial charge in [-0.25, -0.2) is 0 Å². The van der Waals surface area contributed by atoms with E-state index in [1.165, 1.54) is 0 Å². The molecule has 0 aliphatic heterocycles. The van der Waals surface area contributed by atoms with Crippen molar-refractivity contribution in [1.82, 2.24) is 0 Å². The predicted molar refractivity (Wildman–Crippen MR) is 65.8 cm³/mol. The first-order valence-corrected chi connectivity index (χ1v) is 5.56. The molecule has 0 saturated carbocycles. The van der Waals surface area contributed by atoms with Crippen LogP contribution < -0.4 is 5.32 Å². The van der Waals surface area contributed by atoms with Crippen LogP contribution in [0.5, 0.6) is 0 Å². The highest BCUT2D eigenvalue weighted by molar-refractivity contribution is 5.69. The molecule has 1 unspecified atom stereocenters. The highest BCUT2D eigenvalue weighted by Gasteiger charge is 2.12. The molecule has 0 fully saturated rings. The lowest BCUT2D eigenvalue weighted by atomic mass is 10.1. The number of carbonyl (C=O) groups is 1. The summed E-state index contributed by atoms with van der Waals surface area (Å²) in [5, 5.41) is 20.9. The number of nitrogens with zero attached hydrogens (tertiary/aromatic N) is 1. The summed E-state index contributed by atoms with van der Waals surface area (Å²) in [6.45, 7) is 3.85. The Kier molecular flexibility index (Phi) is 4.53. The van der Waals surface area contributed by atoms with Crippen molar-refractivity contribution in [3.05, 3.63) is 29.3 Å². The summed E-state index contributed by atoms with van der Waals surface area (Å²) in [7, 11) is 0. The van der Waals surface area contributed by atoms with Gasteiger partial charge in [0, 0.05) is 6.04 Å². The van der Waals surface area contributed by atoms with Gasteiger partial charge < -0.3 is 10.4 Å². The summed E-state index contributed by atoms with van der Waals surface area (Å²) in [6.07, 6.45) is 0.750. The molecular formula is C13H16N2O2. The molecule has 2 N–H and O–H groups in total. The molecule has 1 aromatic carbocycles. The van der Waals surface area contributed by atoms with Crippen LogP contribution in [0.1, 0.15) is 30.9 Å². The number of hydrogen-bond donors (Lipinski definition) is 2. The van der Waals surface area contributed by atoms with Crippen molar-refractivity contribution in [1.29, 1.82) is 5.26 Å². The zero-order valence-corrected chi connectivity index (χ0v) is 10.0. The van der Waals surface area contributed by atoms with Crippen LogP contribution in [0.3, 0.4) is 0 Å². The molecule has 0 aliphatic carbocycles. The molecule has 0 heterocycles. The maximum absolute atomic E-state index is 10.7. The Morgan fingerprint density at radius 2 is 2.29 bits per heavy atom. The summed E-state index contributed by atoms with van der Waals surface area (Å²) in [4.78, 5) is 10.7. The summed E-state index contributed by atoms with van der Waals surface area (Å²) >= 11 is 0. The molecule has 90 valence electrons. The second-order valence-electron chi connectivity index (χ2n) is 4.01. The Morgan fingerprint density at radius 3 is 2.82 bits per heavy atom. The normalized spacial score (nSPS) is 11.6. The van der Waals surface area contributed by atoms with E-state index in [2.05, 4.69) is 11.4 Å². The van der Waals surface area contributed by atoms with E-state index in [1.54, 1.807) is 6.07 Å². The van der Waals surface area contributed by atoms with E-state index in [1.807, 2.05) is 26.0 Å². The SMILES string of the molecule is CCC(CC(=O)O)Nc1cc(C)ccc1C#N. The average molecular weight is 232 g/mol. The van der Waals surface area contributed by atoms with Crippen molar-refractivity contribution in [2.45, 2.75) is 32.7 Å². The third-order valence-electron chi connectivity index (χ3n) is 2.57. The molecule has 1 rings (SSSR count). The van der Waals surface area contributed by atoms with E-state index < -0.39 is 5.97 Å². The van der Waals surface area contributed by atoms with Crippen molar-refractivity contribution >= 4 is 11.7 Å². The number of aliphatic carboxylic acids is 1. The minimum Gasteiger partial charge on any atom is -0.481 e. The van der Waals surface area contributed by atoms with Gasteiger partial charge >= 0.3 is 5.97 Å². The van der Waals surface area contributed by atoms with Crippen molar-refractivity contribution in [2.75, 3.05) is 5.32 Å². The molecule has 4 heteroatoms. The van der Waals surface area contributed by atoms with E-state index >= 15 is 0 Å². The summed E-state index contributed by atoms with van der Waals surface area (Å²) < 4.78 is 0. The van der Waals surface area contributed by atoms with Crippen LogP contribution >= 0.6 is 0 Å². The molecule has 0 bridgehead atoms. The molecular weight excluding hydrogens is 216 g/mol. The molecule has 0 aliphatic rings. The number of benzene rings is 1. The molecule has 17 heavy (non-hydrogen) atoms. The monoisotopic (exact) mass is 232 g/mol. The Morgan fingerprint density at radius 1 is 1.59 bits per heavy atom. The summed E-state index contributed by atoms with van der Waals surface area (Å²) in [5.41, 5.74) is 2.29. The quantitative estimate of drug-likeness (QED) is 0.818. The fourth-order valence-electron chi connectivity index (χ4n) is 1.60. The fraction of sp³-hybridized carbons (Fsp3) is 0.385. The van der Waals surface area contributed by atoms with E-state index in [9.17, 15) is 4.79 Å². The summed E-state index contributed by atoms with van der Waals surface area (Å²) in [6, 6.07) is 7.41. The molecule has 0 spiro atoms.